The van der Waals surface area contributed by atoms with Gasteiger partial charge in [-0.25, -0.2) is 0 Å². The lowest BCUT2D eigenvalue weighted by Gasteiger charge is -2.07. The summed E-state index contributed by atoms with van der Waals surface area (Å²) < 4.78 is 5.32. The molecule has 4 heteroatoms. The van der Waals surface area contributed by atoms with Crippen LogP contribution in [0.2, 0.25) is 0 Å². The van der Waals surface area contributed by atoms with E-state index in [2.05, 4.69) is 0 Å². The summed E-state index contributed by atoms with van der Waals surface area (Å²) in [6.45, 7) is -0.0703. The maximum Gasteiger partial charge on any atom is 0.174 e. The van der Waals surface area contributed by atoms with Crippen molar-refractivity contribution in [2.24, 2.45) is 0 Å². The zero-order chi connectivity index (χ0) is 13.7. The van der Waals surface area contributed by atoms with Gasteiger partial charge in [0.2, 0.25) is 0 Å². The minimum atomic E-state index is -0.176. The summed E-state index contributed by atoms with van der Waals surface area (Å²) in [6.07, 6.45) is 0.0209. The van der Waals surface area contributed by atoms with Crippen LogP contribution >= 0.6 is 0 Å². The standard InChI is InChI=1S/C15H14O4/c16-12-6-7-15(18)11(8-12)9-13(17)10-19-14-4-2-1-3-5-14/h1-8,16,18H,9-10H2. The van der Waals surface area contributed by atoms with Gasteiger partial charge in [-0.2, -0.15) is 0 Å². The molecule has 0 aliphatic heterocycles. The maximum absolute atomic E-state index is 11.7. The van der Waals surface area contributed by atoms with E-state index in [1.165, 1.54) is 18.2 Å². The molecule has 0 radical (unpaired) electrons. The van der Waals surface area contributed by atoms with Crippen molar-refractivity contribution in [2.75, 3.05) is 6.61 Å². The Hall–Kier alpha value is -2.49. The topological polar surface area (TPSA) is 66.8 Å². The highest BCUT2D eigenvalue weighted by atomic mass is 16.5. The van der Waals surface area contributed by atoms with Crippen LogP contribution in [-0.2, 0) is 11.2 Å². The van der Waals surface area contributed by atoms with Crippen LogP contribution in [0.5, 0.6) is 17.2 Å². The quantitative estimate of drug-likeness (QED) is 0.807. The van der Waals surface area contributed by atoms with Crippen LogP contribution in [0, 0.1) is 0 Å². The first-order valence-corrected chi connectivity index (χ1v) is 5.85. The molecule has 0 saturated carbocycles. The minimum absolute atomic E-state index is 0.00846. The molecule has 0 saturated heterocycles. The fraction of sp³-hybridized carbons (Fsp3) is 0.133. The molecule has 2 aromatic rings. The van der Waals surface area contributed by atoms with Gasteiger partial charge in [-0.3, -0.25) is 4.79 Å². The number of rotatable bonds is 5. The number of para-hydroxylation sites is 1. The second-order valence-electron chi connectivity index (χ2n) is 4.13. The Morgan fingerprint density at radius 1 is 1.05 bits per heavy atom. The molecule has 2 aromatic carbocycles. The zero-order valence-electron chi connectivity index (χ0n) is 10.2. The lowest BCUT2D eigenvalue weighted by atomic mass is 10.1. The van der Waals surface area contributed by atoms with Gasteiger partial charge in [-0.15, -0.1) is 0 Å². The van der Waals surface area contributed by atoms with Crippen molar-refractivity contribution in [1.82, 2.24) is 0 Å². The second-order valence-corrected chi connectivity index (χ2v) is 4.13. The number of phenolic OH excluding ortho intramolecular Hbond substituents is 2. The summed E-state index contributed by atoms with van der Waals surface area (Å²) in [5.41, 5.74) is 0.390. The van der Waals surface area contributed by atoms with Gasteiger partial charge in [0.05, 0.1) is 0 Å². The van der Waals surface area contributed by atoms with Gasteiger partial charge < -0.3 is 14.9 Å². The molecule has 98 valence electrons. The molecule has 0 bridgehead atoms. The van der Waals surface area contributed by atoms with Crippen LogP contribution < -0.4 is 4.74 Å². The van der Waals surface area contributed by atoms with Crippen LogP contribution in [0.1, 0.15) is 5.56 Å². The maximum atomic E-state index is 11.7. The minimum Gasteiger partial charge on any atom is -0.508 e. The highest BCUT2D eigenvalue weighted by Gasteiger charge is 2.09. The van der Waals surface area contributed by atoms with E-state index in [0.29, 0.717) is 11.3 Å². The lowest BCUT2D eigenvalue weighted by Crippen LogP contribution is -2.13. The SMILES string of the molecule is O=C(COc1ccccc1)Cc1cc(O)ccc1O. The lowest BCUT2D eigenvalue weighted by molar-refractivity contribution is -0.120. The summed E-state index contributed by atoms with van der Waals surface area (Å²) in [5, 5.41) is 18.9. The predicted octanol–water partition coefficient (Wildman–Crippen LogP) is 2.29. The van der Waals surface area contributed by atoms with E-state index in [1.807, 2.05) is 18.2 Å². The molecule has 19 heavy (non-hydrogen) atoms. The number of hydrogen-bond acceptors (Lipinski definition) is 4. The molecule has 0 aliphatic rings. The van der Waals surface area contributed by atoms with Crippen molar-refractivity contribution in [3.05, 3.63) is 54.1 Å². The molecule has 0 aromatic heterocycles. The van der Waals surface area contributed by atoms with Crippen molar-refractivity contribution in [3.63, 3.8) is 0 Å². The summed E-state index contributed by atoms with van der Waals surface area (Å²) in [5.74, 6) is 0.455. The number of carbonyl (C=O) groups excluding carboxylic acids is 1. The molecule has 0 heterocycles. The average Bonchev–Trinajstić information content (AvgIpc) is 2.42. The Labute approximate surface area is 110 Å². The smallest absolute Gasteiger partial charge is 0.174 e. The van der Waals surface area contributed by atoms with Crippen LogP contribution in [0.15, 0.2) is 48.5 Å². The fourth-order valence-electron chi connectivity index (χ4n) is 1.66. The summed E-state index contributed by atoms with van der Waals surface area (Å²) in [4.78, 5) is 11.7. The first-order chi connectivity index (χ1) is 9.15. The Balaban J connectivity index is 1.93. The van der Waals surface area contributed by atoms with Gasteiger partial charge in [0.25, 0.3) is 0 Å². The van der Waals surface area contributed by atoms with Crippen molar-refractivity contribution in [3.8, 4) is 17.2 Å². The van der Waals surface area contributed by atoms with Crippen LogP contribution in [0.3, 0.4) is 0 Å². The Kier molecular flexibility index (Phi) is 4.03. The summed E-state index contributed by atoms with van der Waals surface area (Å²) in [7, 11) is 0. The molecule has 0 amide bonds. The third kappa shape index (κ3) is 3.74. The number of hydrogen-bond donors (Lipinski definition) is 2. The van der Waals surface area contributed by atoms with Crippen molar-refractivity contribution < 1.29 is 19.7 Å². The van der Waals surface area contributed by atoms with Gasteiger partial charge in [-0.1, -0.05) is 18.2 Å². The molecule has 4 nitrogen and oxygen atoms in total. The molecule has 0 aliphatic carbocycles. The number of aromatic hydroxyl groups is 2. The van der Waals surface area contributed by atoms with E-state index in [4.69, 9.17) is 4.74 Å². The highest BCUT2D eigenvalue weighted by Crippen LogP contribution is 2.22. The normalized spacial score (nSPS) is 10.1. The Bertz CT molecular complexity index is 564. The molecule has 0 fully saturated rings. The first kappa shape index (κ1) is 13.0. The van der Waals surface area contributed by atoms with Gasteiger partial charge in [0, 0.05) is 12.0 Å². The van der Waals surface area contributed by atoms with Gasteiger partial charge in [-0.05, 0) is 30.3 Å². The summed E-state index contributed by atoms with van der Waals surface area (Å²) >= 11 is 0. The van der Waals surface area contributed by atoms with Crippen molar-refractivity contribution in [2.45, 2.75) is 6.42 Å². The van der Waals surface area contributed by atoms with Gasteiger partial charge in [0.1, 0.15) is 23.9 Å². The van der Waals surface area contributed by atoms with Crippen LogP contribution in [-0.4, -0.2) is 22.6 Å². The average molecular weight is 258 g/mol. The number of carbonyl (C=O) groups is 1. The van der Waals surface area contributed by atoms with E-state index >= 15 is 0 Å². The number of phenols is 2. The molecular weight excluding hydrogens is 244 g/mol. The zero-order valence-corrected chi connectivity index (χ0v) is 10.2. The second kappa shape index (κ2) is 5.91. The van der Waals surface area contributed by atoms with Gasteiger partial charge in [0.15, 0.2) is 5.78 Å². The third-order valence-corrected chi connectivity index (χ3v) is 2.59. The van der Waals surface area contributed by atoms with Crippen LogP contribution in [0.4, 0.5) is 0 Å². The van der Waals surface area contributed by atoms with E-state index in [1.54, 1.807) is 12.1 Å². The fourth-order valence-corrected chi connectivity index (χ4v) is 1.66. The number of ether oxygens (including phenoxy) is 1. The number of benzene rings is 2. The number of Topliss-reactive ketones (excluding diaryl/α,β-unsaturated/α-hetero) is 1. The van der Waals surface area contributed by atoms with Crippen molar-refractivity contribution in [1.29, 1.82) is 0 Å². The molecule has 2 rings (SSSR count). The number of ketones is 1. The monoisotopic (exact) mass is 258 g/mol. The summed E-state index contributed by atoms with van der Waals surface area (Å²) in [6, 6.07) is 13.1. The third-order valence-electron chi connectivity index (χ3n) is 2.59. The predicted molar refractivity (Wildman–Crippen MR) is 70.4 cm³/mol. The first-order valence-electron chi connectivity index (χ1n) is 5.85. The molecular formula is C15H14O4. The van der Waals surface area contributed by atoms with E-state index in [0.717, 1.165) is 0 Å². The molecule has 2 N–H and O–H groups in total. The van der Waals surface area contributed by atoms with Crippen LogP contribution in [0.25, 0.3) is 0 Å². The largest absolute Gasteiger partial charge is 0.508 e. The Morgan fingerprint density at radius 3 is 2.53 bits per heavy atom. The molecule has 0 atom stereocenters. The highest BCUT2D eigenvalue weighted by molar-refractivity contribution is 5.83. The van der Waals surface area contributed by atoms with Gasteiger partial charge >= 0.3 is 0 Å². The Morgan fingerprint density at radius 2 is 1.79 bits per heavy atom. The van der Waals surface area contributed by atoms with E-state index in [-0.39, 0.29) is 30.3 Å². The van der Waals surface area contributed by atoms with Crippen molar-refractivity contribution >= 4 is 5.78 Å². The van der Waals surface area contributed by atoms with E-state index in [9.17, 15) is 15.0 Å². The molecule has 0 unspecified atom stereocenters. The molecule has 0 spiro atoms. The van der Waals surface area contributed by atoms with E-state index < -0.39 is 0 Å².